The van der Waals surface area contributed by atoms with E-state index in [2.05, 4.69) is 53.8 Å². The van der Waals surface area contributed by atoms with Crippen LogP contribution in [0.3, 0.4) is 0 Å². The lowest BCUT2D eigenvalue weighted by atomic mass is 9.76. The molecule has 3 aromatic carbocycles. The second kappa shape index (κ2) is 7.53. The van der Waals surface area contributed by atoms with Crippen LogP contribution in [-0.4, -0.2) is 24.3 Å². The fraction of sp³-hybridized carbons (Fsp3) is 0.364. The summed E-state index contributed by atoms with van der Waals surface area (Å²) in [6.45, 7) is 0.860. The molecule has 0 heterocycles. The average molecular weight is 372 g/mol. The number of hydrogen-bond donors (Lipinski definition) is 1. The third-order valence-electron chi connectivity index (χ3n) is 5.59. The number of fused-ring (bicyclic) bond motifs is 5. The SMILES string of the molecule is ClCCNC1Cc2ccc3c(ccc4ccccc43)c2CC1CCCl. The van der Waals surface area contributed by atoms with Crippen molar-refractivity contribution in [2.24, 2.45) is 5.92 Å². The van der Waals surface area contributed by atoms with Crippen LogP contribution in [-0.2, 0) is 12.8 Å². The maximum atomic E-state index is 6.10. The van der Waals surface area contributed by atoms with Crippen molar-refractivity contribution in [3.8, 4) is 0 Å². The van der Waals surface area contributed by atoms with E-state index < -0.39 is 0 Å². The Morgan fingerprint density at radius 1 is 0.840 bits per heavy atom. The fourth-order valence-electron chi connectivity index (χ4n) is 4.36. The maximum absolute atomic E-state index is 6.10. The summed E-state index contributed by atoms with van der Waals surface area (Å²) in [7, 11) is 0. The fourth-order valence-corrected chi connectivity index (χ4v) is 4.75. The molecule has 0 fully saturated rings. The van der Waals surface area contributed by atoms with Crippen LogP contribution >= 0.6 is 23.2 Å². The smallest absolute Gasteiger partial charge is 0.0348 e. The highest BCUT2D eigenvalue weighted by molar-refractivity contribution is 6.18. The van der Waals surface area contributed by atoms with Crippen molar-refractivity contribution >= 4 is 44.7 Å². The molecule has 0 aliphatic heterocycles. The number of nitrogens with one attached hydrogen (secondary N) is 1. The van der Waals surface area contributed by atoms with Crippen molar-refractivity contribution in [3.05, 3.63) is 59.7 Å². The highest BCUT2D eigenvalue weighted by Crippen LogP contribution is 2.36. The number of hydrogen-bond acceptors (Lipinski definition) is 1. The van der Waals surface area contributed by atoms with Crippen LogP contribution < -0.4 is 5.32 Å². The first-order valence-electron chi connectivity index (χ1n) is 9.09. The van der Waals surface area contributed by atoms with Crippen LogP contribution in [0.5, 0.6) is 0 Å². The van der Waals surface area contributed by atoms with E-state index in [-0.39, 0.29) is 0 Å². The summed E-state index contributed by atoms with van der Waals surface area (Å²) in [5, 5.41) is 9.07. The van der Waals surface area contributed by atoms with E-state index in [1.807, 2.05) is 0 Å². The molecule has 3 aromatic rings. The molecule has 0 saturated carbocycles. The van der Waals surface area contributed by atoms with Crippen molar-refractivity contribution in [2.75, 3.05) is 18.3 Å². The summed E-state index contributed by atoms with van der Waals surface area (Å²) in [6.07, 6.45) is 3.21. The van der Waals surface area contributed by atoms with Crippen LogP contribution in [0, 0.1) is 5.92 Å². The zero-order valence-corrected chi connectivity index (χ0v) is 15.8. The van der Waals surface area contributed by atoms with Crippen LogP contribution in [0.1, 0.15) is 17.5 Å². The van der Waals surface area contributed by atoms with E-state index in [9.17, 15) is 0 Å². The summed E-state index contributed by atoms with van der Waals surface area (Å²) in [4.78, 5) is 0. The van der Waals surface area contributed by atoms with Gasteiger partial charge in [0, 0.05) is 24.3 Å². The Morgan fingerprint density at radius 3 is 2.52 bits per heavy atom. The molecule has 1 aliphatic rings. The van der Waals surface area contributed by atoms with Crippen molar-refractivity contribution in [1.82, 2.24) is 5.32 Å². The zero-order chi connectivity index (χ0) is 17.2. The van der Waals surface area contributed by atoms with E-state index in [0.717, 1.165) is 25.8 Å². The lowest BCUT2D eigenvalue weighted by Crippen LogP contribution is -2.43. The molecule has 1 N–H and O–H groups in total. The molecule has 2 atom stereocenters. The highest BCUT2D eigenvalue weighted by atomic mass is 35.5. The Bertz CT molecular complexity index is 890. The molecule has 1 nitrogen and oxygen atoms in total. The van der Waals surface area contributed by atoms with Crippen molar-refractivity contribution in [2.45, 2.75) is 25.3 Å². The van der Waals surface area contributed by atoms with Gasteiger partial charge in [-0.1, -0.05) is 48.5 Å². The van der Waals surface area contributed by atoms with Gasteiger partial charge in [-0.25, -0.2) is 0 Å². The minimum atomic E-state index is 0.475. The third kappa shape index (κ3) is 3.26. The summed E-state index contributed by atoms with van der Waals surface area (Å²) in [5.41, 5.74) is 2.99. The zero-order valence-electron chi connectivity index (χ0n) is 14.3. The van der Waals surface area contributed by atoms with Crippen molar-refractivity contribution in [3.63, 3.8) is 0 Å². The van der Waals surface area contributed by atoms with Gasteiger partial charge in [0.15, 0.2) is 0 Å². The minimum Gasteiger partial charge on any atom is -0.312 e. The van der Waals surface area contributed by atoms with Gasteiger partial charge in [-0.3, -0.25) is 0 Å². The normalized spacial score (nSPS) is 20.1. The van der Waals surface area contributed by atoms with Gasteiger partial charge in [-0.15, -0.1) is 23.2 Å². The number of rotatable bonds is 5. The molecule has 0 bridgehead atoms. The first kappa shape index (κ1) is 17.1. The molecule has 0 spiro atoms. The molecule has 0 amide bonds. The summed E-state index contributed by atoms with van der Waals surface area (Å²) in [5.74, 6) is 1.94. The van der Waals surface area contributed by atoms with Crippen LogP contribution in [0.15, 0.2) is 48.5 Å². The Kier molecular flexibility index (Phi) is 5.17. The first-order chi connectivity index (χ1) is 12.3. The van der Waals surface area contributed by atoms with Gasteiger partial charge in [0.25, 0.3) is 0 Å². The van der Waals surface area contributed by atoms with Gasteiger partial charge < -0.3 is 5.32 Å². The molecule has 0 aromatic heterocycles. The predicted molar refractivity (Wildman–Crippen MR) is 110 cm³/mol. The Hall–Kier alpha value is -1.28. The predicted octanol–water partition coefficient (Wildman–Crippen LogP) is 5.53. The molecule has 2 unspecified atom stereocenters. The van der Waals surface area contributed by atoms with E-state index in [4.69, 9.17) is 23.2 Å². The van der Waals surface area contributed by atoms with E-state index in [1.165, 1.54) is 32.7 Å². The Balaban J connectivity index is 1.80. The Labute approximate surface area is 159 Å². The topological polar surface area (TPSA) is 12.0 Å². The molecule has 0 saturated heterocycles. The molecule has 3 heteroatoms. The van der Waals surface area contributed by atoms with Gasteiger partial charge in [0.1, 0.15) is 0 Å². The van der Waals surface area contributed by atoms with Crippen LogP contribution in [0.25, 0.3) is 21.5 Å². The average Bonchev–Trinajstić information content (AvgIpc) is 2.66. The lowest BCUT2D eigenvalue weighted by molar-refractivity contribution is 0.329. The molecular formula is C22H23Cl2N. The van der Waals surface area contributed by atoms with Gasteiger partial charge in [-0.2, -0.15) is 0 Å². The molecular weight excluding hydrogens is 349 g/mol. The minimum absolute atomic E-state index is 0.475. The summed E-state index contributed by atoms with van der Waals surface area (Å²) >= 11 is 12.0. The molecule has 0 radical (unpaired) electrons. The Morgan fingerprint density at radius 2 is 1.68 bits per heavy atom. The number of benzene rings is 3. The van der Waals surface area contributed by atoms with E-state index in [0.29, 0.717) is 23.7 Å². The monoisotopic (exact) mass is 371 g/mol. The first-order valence-corrected chi connectivity index (χ1v) is 10.2. The van der Waals surface area contributed by atoms with Gasteiger partial charge in [0.05, 0.1) is 0 Å². The molecule has 4 rings (SSSR count). The third-order valence-corrected chi connectivity index (χ3v) is 6.00. The van der Waals surface area contributed by atoms with Crippen LogP contribution in [0.4, 0.5) is 0 Å². The van der Waals surface area contributed by atoms with Crippen LogP contribution in [0.2, 0.25) is 0 Å². The number of halogens is 2. The molecule has 1 aliphatic carbocycles. The maximum Gasteiger partial charge on any atom is 0.0348 e. The second-order valence-corrected chi connectivity index (χ2v) is 7.74. The quantitative estimate of drug-likeness (QED) is 0.458. The standard InChI is InChI=1S/C22H23Cl2N/c23-10-9-17-13-21-16(14-22(17)25-12-11-24)6-8-19-18-4-2-1-3-15(18)5-7-20(19)21/h1-8,17,22,25H,9-14H2. The van der Waals surface area contributed by atoms with Gasteiger partial charge in [0.2, 0.25) is 0 Å². The second-order valence-electron chi connectivity index (χ2n) is 6.98. The van der Waals surface area contributed by atoms with Crippen molar-refractivity contribution < 1.29 is 0 Å². The molecule has 25 heavy (non-hydrogen) atoms. The van der Waals surface area contributed by atoms with Gasteiger partial charge in [-0.05, 0) is 57.9 Å². The lowest BCUT2D eigenvalue weighted by Gasteiger charge is -2.34. The van der Waals surface area contributed by atoms with Crippen molar-refractivity contribution in [1.29, 1.82) is 0 Å². The largest absolute Gasteiger partial charge is 0.312 e. The van der Waals surface area contributed by atoms with E-state index >= 15 is 0 Å². The number of alkyl halides is 2. The van der Waals surface area contributed by atoms with Gasteiger partial charge >= 0.3 is 0 Å². The van der Waals surface area contributed by atoms with E-state index in [1.54, 1.807) is 0 Å². The highest BCUT2D eigenvalue weighted by Gasteiger charge is 2.28. The molecule has 130 valence electrons. The summed E-state index contributed by atoms with van der Waals surface area (Å²) in [6, 6.07) is 18.3. The summed E-state index contributed by atoms with van der Waals surface area (Å²) < 4.78 is 0.